The highest BCUT2D eigenvalue weighted by atomic mass is 19.1. The molecule has 2 aromatic heterocycles. The normalized spacial score (nSPS) is 17.1. The lowest BCUT2D eigenvalue weighted by Crippen LogP contribution is -2.33. The number of methoxy groups -OCH3 is 1. The van der Waals surface area contributed by atoms with Crippen LogP contribution in [0, 0.1) is 18.6 Å². The van der Waals surface area contributed by atoms with E-state index in [1.807, 2.05) is 6.92 Å². The minimum absolute atomic E-state index is 0.0322. The number of hydrogen-bond donors (Lipinski definition) is 2. The van der Waals surface area contributed by atoms with Crippen LogP contribution in [-0.2, 0) is 4.79 Å². The van der Waals surface area contributed by atoms with E-state index in [-0.39, 0.29) is 29.8 Å². The average Bonchev–Trinajstić information content (AvgIpc) is 3.47. The van der Waals surface area contributed by atoms with E-state index in [0.29, 0.717) is 17.2 Å². The monoisotopic (exact) mass is 494 g/mol. The number of ether oxygens (including phenoxy) is 2. The molecule has 0 saturated carbocycles. The van der Waals surface area contributed by atoms with Crippen molar-refractivity contribution >= 4 is 11.9 Å². The van der Waals surface area contributed by atoms with Crippen LogP contribution >= 0.6 is 0 Å². The van der Waals surface area contributed by atoms with E-state index in [4.69, 9.17) is 13.9 Å². The first-order chi connectivity index (χ1) is 17.4. The quantitative estimate of drug-likeness (QED) is 0.396. The Morgan fingerprint density at radius 3 is 2.53 bits per heavy atom. The molecule has 1 aliphatic heterocycles. The first kappa shape index (κ1) is 23.1. The molecule has 0 bridgehead atoms. The molecule has 3 heterocycles. The van der Waals surface area contributed by atoms with E-state index in [1.54, 1.807) is 30.5 Å². The summed E-state index contributed by atoms with van der Waals surface area (Å²) in [5.41, 5.74) is 1.09. The van der Waals surface area contributed by atoms with Gasteiger partial charge in [0.1, 0.15) is 29.2 Å². The van der Waals surface area contributed by atoms with Gasteiger partial charge in [-0.3, -0.25) is 9.78 Å². The van der Waals surface area contributed by atoms with Gasteiger partial charge in [-0.05, 0) is 31.2 Å². The summed E-state index contributed by atoms with van der Waals surface area (Å²) in [6, 6.07) is 7.87. The van der Waals surface area contributed by atoms with Crippen molar-refractivity contribution in [3.63, 3.8) is 0 Å². The molecule has 1 aliphatic rings. The Labute approximate surface area is 203 Å². The van der Waals surface area contributed by atoms with Gasteiger partial charge in [0.25, 0.3) is 0 Å². The maximum atomic E-state index is 14.6. The number of nitrogens with zero attached hydrogens (tertiary/aromatic N) is 4. The molecular weight excluding hydrogens is 474 g/mol. The summed E-state index contributed by atoms with van der Waals surface area (Å²) >= 11 is 0. The van der Waals surface area contributed by atoms with Gasteiger partial charge in [-0.1, -0.05) is 5.10 Å². The predicted molar refractivity (Wildman–Crippen MR) is 123 cm³/mol. The fourth-order valence-corrected chi connectivity index (χ4v) is 3.90. The van der Waals surface area contributed by atoms with Gasteiger partial charge in [0, 0.05) is 41.9 Å². The fourth-order valence-electron chi connectivity index (χ4n) is 3.90. The van der Waals surface area contributed by atoms with Crippen molar-refractivity contribution in [2.24, 2.45) is 0 Å². The minimum atomic E-state index is -1.03. The Morgan fingerprint density at radius 2 is 1.83 bits per heavy atom. The number of amides is 1. The number of rotatable bonds is 7. The number of carbonyl (C=O) groups excluding carboxylic acids is 1. The van der Waals surface area contributed by atoms with Gasteiger partial charge in [-0.2, -0.15) is 0 Å². The molecule has 184 valence electrons. The van der Waals surface area contributed by atoms with E-state index >= 15 is 0 Å². The Kier molecular flexibility index (Phi) is 6.15. The molecule has 12 heteroatoms. The second-order valence-electron chi connectivity index (χ2n) is 8.02. The zero-order valence-corrected chi connectivity index (χ0v) is 19.2. The highest BCUT2D eigenvalue weighted by Gasteiger charge is 2.40. The van der Waals surface area contributed by atoms with Crippen LogP contribution in [0.3, 0.4) is 0 Å². The molecular formula is C24H20F2N6O4. The maximum Gasteiger partial charge on any atom is 0.316 e. The Bertz CT molecular complexity index is 1390. The SMILES string of the molecule is COc1cc(F)c(C2CNC(=O)C2Nc2nnc(-c3ccc(Oc4cncc(C)n4)cc3)o2)c(F)c1. The van der Waals surface area contributed by atoms with Gasteiger partial charge in [-0.15, -0.1) is 5.10 Å². The molecule has 5 rings (SSSR count). The molecule has 36 heavy (non-hydrogen) atoms. The first-order valence-electron chi connectivity index (χ1n) is 10.9. The fraction of sp³-hybridized carbons (Fsp3) is 0.208. The molecule has 0 radical (unpaired) electrons. The summed E-state index contributed by atoms with van der Waals surface area (Å²) in [6.45, 7) is 1.84. The van der Waals surface area contributed by atoms with Crippen LogP contribution in [0.15, 0.2) is 53.2 Å². The molecule has 0 spiro atoms. The molecule has 1 fully saturated rings. The summed E-state index contributed by atoms with van der Waals surface area (Å²) in [5.74, 6) is -1.81. The second kappa shape index (κ2) is 9.56. The van der Waals surface area contributed by atoms with Crippen LogP contribution in [-0.4, -0.2) is 45.8 Å². The standard InChI is InChI=1S/C24H20F2N6O4/c1-12-9-27-11-19(29-12)35-14-5-3-13(4-6-14)23-31-32-24(36-23)30-21-16(10-28-22(21)33)20-17(25)7-15(34-2)8-18(20)26/h3-9,11,16,21H,10H2,1-2H3,(H,28,33)(H,30,32). The molecule has 0 aliphatic carbocycles. The van der Waals surface area contributed by atoms with Crippen molar-refractivity contribution < 1.29 is 27.5 Å². The molecule has 1 amide bonds. The van der Waals surface area contributed by atoms with Crippen molar-refractivity contribution in [1.82, 2.24) is 25.5 Å². The van der Waals surface area contributed by atoms with Gasteiger partial charge < -0.3 is 24.5 Å². The number of aryl methyl sites for hydroxylation is 1. The van der Waals surface area contributed by atoms with Crippen LogP contribution in [0.5, 0.6) is 17.4 Å². The Balaban J connectivity index is 1.31. The number of benzene rings is 2. The highest BCUT2D eigenvalue weighted by Crippen LogP contribution is 2.33. The predicted octanol–water partition coefficient (Wildman–Crippen LogP) is 3.61. The number of anilines is 1. The van der Waals surface area contributed by atoms with Crippen LogP contribution in [0.25, 0.3) is 11.5 Å². The molecule has 1 saturated heterocycles. The highest BCUT2D eigenvalue weighted by molar-refractivity contribution is 5.88. The lowest BCUT2D eigenvalue weighted by Gasteiger charge is -2.19. The second-order valence-corrected chi connectivity index (χ2v) is 8.02. The zero-order valence-electron chi connectivity index (χ0n) is 19.2. The van der Waals surface area contributed by atoms with Crippen molar-refractivity contribution in [2.75, 3.05) is 19.0 Å². The lowest BCUT2D eigenvalue weighted by molar-refractivity contribution is -0.119. The van der Waals surface area contributed by atoms with Crippen molar-refractivity contribution in [1.29, 1.82) is 0 Å². The maximum absolute atomic E-state index is 14.6. The lowest BCUT2D eigenvalue weighted by atomic mass is 9.93. The summed E-state index contributed by atoms with van der Waals surface area (Å²) in [5, 5.41) is 13.3. The van der Waals surface area contributed by atoms with Crippen LogP contribution in [0.2, 0.25) is 0 Å². The van der Waals surface area contributed by atoms with Gasteiger partial charge in [0.2, 0.25) is 17.7 Å². The van der Waals surface area contributed by atoms with Crippen molar-refractivity contribution in [3.05, 3.63) is 71.7 Å². The minimum Gasteiger partial charge on any atom is -0.497 e. The van der Waals surface area contributed by atoms with Crippen molar-refractivity contribution in [2.45, 2.75) is 18.9 Å². The van der Waals surface area contributed by atoms with Gasteiger partial charge in [0.05, 0.1) is 19.0 Å². The smallest absolute Gasteiger partial charge is 0.316 e. The van der Waals surface area contributed by atoms with Gasteiger partial charge in [0.15, 0.2) is 0 Å². The van der Waals surface area contributed by atoms with E-state index in [0.717, 1.165) is 17.8 Å². The summed E-state index contributed by atoms with van der Waals surface area (Å²) in [7, 11) is 1.31. The largest absolute Gasteiger partial charge is 0.497 e. The molecule has 2 aromatic carbocycles. The van der Waals surface area contributed by atoms with Crippen LogP contribution in [0.4, 0.5) is 14.8 Å². The third-order valence-electron chi connectivity index (χ3n) is 5.60. The number of aromatic nitrogens is 4. The van der Waals surface area contributed by atoms with Crippen LogP contribution < -0.4 is 20.1 Å². The summed E-state index contributed by atoms with van der Waals surface area (Å²) in [4.78, 5) is 20.7. The van der Waals surface area contributed by atoms with Crippen LogP contribution in [0.1, 0.15) is 17.2 Å². The molecule has 2 unspecified atom stereocenters. The number of carbonyl (C=O) groups is 1. The Morgan fingerprint density at radius 1 is 1.08 bits per heavy atom. The molecule has 10 nitrogen and oxygen atoms in total. The summed E-state index contributed by atoms with van der Waals surface area (Å²) < 4.78 is 45.5. The van der Waals surface area contributed by atoms with Gasteiger partial charge in [-0.25, -0.2) is 13.8 Å². The molecule has 4 aromatic rings. The zero-order chi connectivity index (χ0) is 25.2. The van der Waals surface area contributed by atoms with E-state index in [9.17, 15) is 13.6 Å². The van der Waals surface area contributed by atoms with E-state index in [2.05, 4.69) is 30.8 Å². The number of halogens is 2. The summed E-state index contributed by atoms with van der Waals surface area (Å²) in [6.07, 6.45) is 3.13. The first-order valence-corrected chi connectivity index (χ1v) is 10.9. The third kappa shape index (κ3) is 4.65. The van der Waals surface area contributed by atoms with Crippen molar-refractivity contribution in [3.8, 4) is 28.8 Å². The Hall–Kier alpha value is -4.61. The molecule has 2 N–H and O–H groups in total. The topological polar surface area (TPSA) is 124 Å². The van der Waals surface area contributed by atoms with E-state index in [1.165, 1.54) is 13.3 Å². The molecule has 2 atom stereocenters. The third-order valence-corrected chi connectivity index (χ3v) is 5.60. The van der Waals surface area contributed by atoms with E-state index < -0.39 is 29.5 Å². The average molecular weight is 494 g/mol. The number of hydrogen-bond acceptors (Lipinski definition) is 9. The van der Waals surface area contributed by atoms with Gasteiger partial charge >= 0.3 is 6.01 Å². The number of nitrogens with one attached hydrogen (secondary N) is 2.